The number of rotatable bonds is 5. The number of carbonyl (C=O) groups is 1. The number of ketones is 1. The molecule has 2 aromatic carbocycles. The molecule has 6 nitrogen and oxygen atoms in total. The van der Waals surface area contributed by atoms with Crippen molar-refractivity contribution in [1.29, 1.82) is 0 Å². The van der Waals surface area contributed by atoms with Gasteiger partial charge in [0.2, 0.25) is 0 Å². The topological polar surface area (TPSA) is 89.7 Å². The van der Waals surface area contributed by atoms with Gasteiger partial charge < -0.3 is 9.84 Å². The van der Waals surface area contributed by atoms with E-state index in [1.807, 2.05) is 13.0 Å². The summed E-state index contributed by atoms with van der Waals surface area (Å²) >= 11 is 0. The molecular weight excluding hydrogens is 298 g/mol. The minimum Gasteiger partial charge on any atom is -0.507 e. The third-order valence-corrected chi connectivity index (χ3v) is 3.21. The standard InChI is InChI=1S/C17H15NO5/c1-11-7-13(9-15(8-11)23-2)16(19)6-4-12-3-5-14(18(21)22)10-17(12)20/h3-10,20H,1-2H3/b6-4+. The summed E-state index contributed by atoms with van der Waals surface area (Å²) in [6.07, 6.45) is 2.71. The van der Waals surface area contributed by atoms with Gasteiger partial charge in [0.1, 0.15) is 11.5 Å². The summed E-state index contributed by atoms with van der Waals surface area (Å²) in [5.74, 6) is 0.0646. The Hall–Kier alpha value is -3.15. The number of aryl methyl sites for hydroxylation is 1. The van der Waals surface area contributed by atoms with E-state index in [1.54, 1.807) is 12.1 Å². The molecule has 23 heavy (non-hydrogen) atoms. The molecule has 0 fully saturated rings. The highest BCUT2D eigenvalue weighted by Gasteiger charge is 2.09. The van der Waals surface area contributed by atoms with Crippen LogP contribution in [0.15, 0.2) is 42.5 Å². The molecule has 0 aliphatic rings. The maximum absolute atomic E-state index is 12.2. The second kappa shape index (κ2) is 6.74. The molecule has 0 aromatic heterocycles. The van der Waals surface area contributed by atoms with Gasteiger partial charge in [-0.2, -0.15) is 0 Å². The Morgan fingerprint density at radius 3 is 2.61 bits per heavy atom. The molecule has 0 atom stereocenters. The van der Waals surface area contributed by atoms with E-state index in [2.05, 4.69) is 0 Å². The van der Waals surface area contributed by atoms with Gasteiger partial charge in [-0.3, -0.25) is 14.9 Å². The van der Waals surface area contributed by atoms with Gasteiger partial charge in [-0.1, -0.05) is 0 Å². The number of phenolic OH excluding ortho intramolecular Hbond substituents is 1. The SMILES string of the molecule is COc1cc(C)cc(C(=O)/C=C/c2ccc([N+](=O)[O-])cc2O)c1. The van der Waals surface area contributed by atoms with Crippen LogP contribution in [0.2, 0.25) is 0 Å². The molecule has 0 radical (unpaired) electrons. The fraction of sp³-hybridized carbons (Fsp3) is 0.118. The van der Waals surface area contributed by atoms with Crippen LogP contribution in [0.4, 0.5) is 5.69 Å². The largest absolute Gasteiger partial charge is 0.507 e. The van der Waals surface area contributed by atoms with Crippen molar-refractivity contribution in [3.63, 3.8) is 0 Å². The van der Waals surface area contributed by atoms with Crippen LogP contribution in [0.5, 0.6) is 11.5 Å². The van der Waals surface area contributed by atoms with E-state index in [-0.39, 0.29) is 17.2 Å². The second-order valence-corrected chi connectivity index (χ2v) is 4.94. The zero-order chi connectivity index (χ0) is 17.0. The van der Waals surface area contributed by atoms with Crippen LogP contribution in [0, 0.1) is 17.0 Å². The molecule has 0 unspecified atom stereocenters. The highest BCUT2D eigenvalue weighted by molar-refractivity contribution is 6.07. The summed E-state index contributed by atoms with van der Waals surface area (Å²) in [6, 6.07) is 8.84. The molecule has 0 bridgehead atoms. The number of aromatic hydroxyl groups is 1. The van der Waals surface area contributed by atoms with E-state index in [9.17, 15) is 20.0 Å². The summed E-state index contributed by atoms with van der Waals surface area (Å²) in [7, 11) is 1.52. The van der Waals surface area contributed by atoms with E-state index >= 15 is 0 Å². The van der Waals surface area contributed by atoms with Crippen molar-refractivity contribution >= 4 is 17.5 Å². The number of benzene rings is 2. The van der Waals surface area contributed by atoms with E-state index < -0.39 is 4.92 Å². The fourth-order valence-electron chi connectivity index (χ4n) is 2.06. The minimum atomic E-state index is -0.600. The number of methoxy groups -OCH3 is 1. The average Bonchev–Trinajstić information content (AvgIpc) is 2.52. The first-order valence-electron chi connectivity index (χ1n) is 6.76. The Morgan fingerprint density at radius 2 is 2.00 bits per heavy atom. The summed E-state index contributed by atoms with van der Waals surface area (Å²) in [6.45, 7) is 1.85. The first kappa shape index (κ1) is 16.2. The molecule has 118 valence electrons. The van der Waals surface area contributed by atoms with Crippen LogP contribution in [-0.2, 0) is 0 Å². The lowest BCUT2D eigenvalue weighted by Crippen LogP contribution is -1.96. The van der Waals surface area contributed by atoms with Crippen molar-refractivity contribution in [2.24, 2.45) is 0 Å². The quantitative estimate of drug-likeness (QED) is 0.395. The molecule has 1 N–H and O–H groups in total. The van der Waals surface area contributed by atoms with Crippen molar-refractivity contribution in [3.05, 3.63) is 69.3 Å². The number of ether oxygens (including phenoxy) is 1. The Bertz CT molecular complexity index is 796. The molecule has 0 saturated carbocycles. The third-order valence-electron chi connectivity index (χ3n) is 3.21. The van der Waals surface area contributed by atoms with Gasteiger partial charge in [0, 0.05) is 17.2 Å². The van der Waals surface area contributed by atoms with E-state index in [0.717, 1.165) is 11.6 Å². The Morgan fingerprint density at radius 1 is 1.26 bits per heavy atom. The average molecular weight is 313 g/mol. The number of nitrogens with zero attached hydrogens (tertiary/aromatic N) is 1. The minimum absolute atomic E-state index is 0.214. The monoisotopic (exact) mass is 313 g/mol. The third kappa shape index (κ3) is 3.94. The number of nitro benzene ring substituents is 1. The van der Waals surface area contributed by atoms with Gasteiger partial charge in [-0.05, 0) is 48.9 Å². The first-order chi connectivity index (χ1) is 10.9. The second-order valence-electron chi connectivity index (χ2n) is 4.94. The highest BCUT2D eigenvalue weighted by atomic mass is 16.6. The van der Waals surface area contributed by atoms with Crippen LogP contribution in [0.25, 0.3) is 6.08 Å². The van der Waals surface area contributed by atoms with E-state index in [1.165, 1.54) is 31.4 Å². The number of carbonyl (C=O) groups excluding carboxylic acids is 1. The summed E-state index contributed by atoms with van der Waals surface area (Å²) in [5.41, 5.74) is 1.46. The van der Waals surface area contributed by atoms with Crippen molar-refractivity contribution in [3.8, 4) is 11.5 Å². The zero-order valence-corrected chi connectivity index (χ0v) is 12.6. The maximum atomic E-state index is 12.2. The molecular formula is C17H15NO5. The Balaban J connectivity index is 2.25. The molecule has 0 heterocycles. The summed E-state index contributed by atoms with van der Waals surface area (Å²) < 4.78 is 5.12. The first-order valence-corrected chi connectivity index (χ1v) is 6.76. The van der Waals surface area contributed by atoms with Crippen LogP contribution in [0.3, 0.4) is 0 Å². The van der Waals surface area contributed by atoms with Crippen LogP contribution < -0.4 is 4.74 Å². The van der Waals surface area contributed by atoms with Crippen molar-refractivity contribution in [2.45, 2.75) is 6.92 Å². The normalized spacial score (nSPS) is 10.7. The van der Waals surface area contributed by atoms with Crippen LogP contribution >= 0.6 is 0 Å². The van der Waals surface area contributed by atoms with E-state index in [4.69, 9.17) is 4.74 Å². The zero-order valence-electron chi connectivity index (χ0n) is 12.6. The molecule has 0 aliphatic heterocycles. The maximum Gasteiger partial charge on any atom is 0.273 e. The number of nitro groups is 1. The predicted octanol–water partition coefficient (Wildman–Crippen LogP) is 3.51. The molecule has 0 amide bonds. The van der Waals surface area contributed by atoms with Crippen LogP contribution in [0.1, 0.15) is 21.5 Å². The summed E-state index contributed by atoms with van der Waals surface area (Å²) in [5, 5.41) is 20.4. The van der Waals surface area contributed by atoms with Crippen molar-refractivity contribution < 1.29 is 19.6 Å². The Kier molecular flexibility index (Phi) is 4.75. The summed E-state index contributed by atoms with van der Waals surface area (Å²) in [4.78, 5) is 22.2. The molecule has 0 spiro atoms. The lowest BCUT2D eigenvalue weighted by Gasteiger charge is -2.04. The van der Waals surface area contributed by atoms with Gasteiger partial charge in [0.15, 0.2) is 5.78 Å². The van der Waals surface area contributed by atoms with Gasteiger partial charge in [-0.25, -0.2) is 0 Å². The lowest BCUT2D eigenvalue weighted by atomic mass is 10.1. The Labute approximate surface area is 132 Å². The number of non-ortho nitro benzene ring substituents is 1. The van der Waals surface area contributed by atoms with Crippen molar-refractivity contribution in [1.82, 2.24) is 0 Å². The van der Waals surface area contributed by atoms with Gasteiger partial charge >= 0.3 is 0 Å². The number of hydrogen-bond acceptors (Lipinski definition) is 5. The molecule has 6 heteroatoms. The van der Waals surface area contributed by atoms with E-state index in [0.29, 0.717) is 16.9 Å². The van der Waals surface area contributed by atoms with Gasteiger partial charge in [-0.15, -0.1) is 0 Å². The van der Waals surface area contributed by atoms with Gasteiger partial charge in [0.25, 0.3) is 5.69 Å². The van der Waals surface area contributed by atoms with Gasteiger partial charge in [0.05, 0.1) is 18.1 Å². The number of phenols is 1. The van der Waals surface area contributed by atoms with Crippen molar-refractivity contribution in [2.75, 3.05) is 7.11 Å². The van der Waals surface area contributed by atoms with Crippen LogP contribution in [-0.4, -0.2) is 22.9 Å². The molecule has 2 rings (SSSR count). The molecule has 0 saturated heterocycles. The molecule has 0 aliphatic carbocycles. The fourth-order valence-corrected chi connectivity index (χ4v) is 2.06. The predicted molar refractivity (Wildman–Crippen MR) is 85.9 cm³/mol. The lowest BCUT2D eigenvalue weighted by molar-refractivity contribution is -0.384. The smallest absolute Gasteiger partial charge is 0.273 e. The number of allylic oxidation sites excluding steroid dienone is 1. The highest BCUT2D eigenvalue weighted by Crippen LogP contribution is 2.25. The number of hydrogen-bond donors (Lipinski definition) is 1. The molecule has 2 aromatic rings.